The second kappa shape index (κ2) is 7.15. The summed E-state index contributed by atoms with van der Waals surface area (Å²) in [5.74, 6) is -1.23. The van der Waals surface area contributed by atoms with E-state index in [0.29, 0.717) is 11.4 Å². The van der Waals surface area contributed by atoms with E-state index in [1.165, 1.54) is 31.4 Å². The summed E-state index contributed by atoms with van der Waals surface area (Å²) >= 11 is 0. The summed E-state index contributed by atoms with van der Waals surface area (Å²) in [4.78, 5) is 30.6. The van der Waals surface area contributed by atoms with Crippen LogP contribution in [0, 0.1) is 5.82 Å². The number of benzene rings is 2. The van der Waals surface area contributed by atoms with Gasteiger partial charge in [-0.1, -0.05) is 35.6 Å². The van der Waals surface area contributed by atoms with E-state index in [1.54, 1.807) is 0 Å². The lowest BCUT2D eigenvalue weighted by Crippen LogP contribution is -2.37. The van der Waals surface area contributed by atoms with Crippen molar-refractivity contribution < 1.29 is 18.7 Å². The zero-order chi connectivity index (χ0) is 19.7. The van der Waals surface area contributed by atoms with Gasteiger partial charge in [-0.2, -0.15) is 5.11 Å². The first-order valence-electron chi connectivity index (χ1n) is 8.51. The van der Waals surface area contributed by atoms with Gasteiger partial charge in [0.15, 0.2) is 17.7 Å². The Hall–Kier alpha value is -3.68. The van der Waals surface area contributed by atoms with Crippen molar-refractivity contribution in [3.8, 4) is 0 Å². The van der Waals surface area contributed by atoms with Crippen LogP contribution < -0.4 is 5.43 Å². The van der Waals surface area contributed by atoms with Crippen LogP contribution in [0.4, 0.5) is 4.39 Å². The molecular formula is C20H15FN4O3. The molecule has 2 aromatic carbocycles. The van der Waals surface area contributed by atoms with Crippen LogP contribution >= 0.6 is 0 Å². The first kappa shape index (κ1) is 17.7. The minimum Gasteiger partial charge on any atom is -0.466 e. The van der Waals surface area contributed by atoms with Gasteiger partial charge in [0.2, 0.25) is 0 Å². The molecule has 0 bridgehead atoms. The summed E-state index contributed by atoms with van der Waals surface area (Å²) in [7, 11) is 1.23. The van der Waals surface area contributed by atoms with Crippen molar-refractivity contribution in [2.45, 2.75) is 12.1 Å². The Morgan fingerprint density at radius 3 is 2.39 bits per heavy atom. The number of ether oxygens (including phenoxy) is 1. The van der Waals surface area contributed by atoms with Gasteiger partial charge in [-0.05, 0) is 29.8 Å². The van der Waals surface area contributed by atoms with Gasteiger partial charge in [0.05, 0.1) is 12.7 Å². The van der Waals surface area contributed by atoms with E-state index in [2.05, 4.69) is 20.8 Å². The summed E-state index contributed by atoms with van der Waals surface area (Å²) in [5, 5.41) is 7.73. The number of esters is 1. The minimum absolute atomic E-state index is 0.0735. The first-order chi connectivity index (χ1) is 13.6. The topological polar surface area (TPSA) is 92.5 Å². The Morgan fingerprint density at radius 2 is 1.71 bits per heavy atom. The molecule has 4 rings (SSSR count). The lowest BCUT2D eigenvalue weighted by Gasteiger charge is -2.26. The van der Waals surface area contributed by atoms with Crippen molar-refractivity contribution in [1.29, 1.82) is 0 Å². The maximum absolute atomic E-state index is 13.4. The van der Waals surface area contributed by atoms with Gasteiger partial charge in [-0.3, -0.25) is 9.79 Å². The Balaban J connectivity index is 1.92. The van der Waals surface area contributed by atoms with Crippen molar-refractivity contribution in [3.63, 3.8) is 0 Å². The van der Waals surface area contributed by atoms with Crippen LogP contribution in [0.3, 0.4) is 0 Å². The fourth-order valence-electron chi connectivity index (χ4n) is 3.26. The van der Waals surface area contributed by atoms with Gasteiger partial charge in [0.1, 0.15) is 11.9 Å². The highest BCUT2D eigenvalue weighted by Crippen LogP contribution is 2.38. The van der Waals surface area contributed by atoms with Gasteiger partial charge in [-0.25, -0.2) is 14.6 Å². The van der Waals surface area contributed by atoms with E-state index in [9.17, 15) is 14.0 Å². The van der Waals surface area contributed by atoms with E-state index < -0.39 is 29.7 Å². The van der Waals surface area contributed by atoms with Gasteiger partial charge in [0.25, 0.3) is 0 Å². The summed E-state index contributed by atoms with van der Waals surface area (Å²) in [5.41, 5.74) is 3.85. The van der Waals surface area contributed by atoms with Crippen molar-refractivity contribution in [3.05, 3.63) is 82.7 Å². The number of rotatable bonds is 4. The quantitative estimate of drug-likeness (QED) is 0.654. The number of ketones is 1. The molecule has 0 fully saturated rings. The number of nitrogens with zero attached hydrogens (tertiary/aromatic N) is 3. The fourth-order valence-corrected chi connectivity index (χ4v) is 3.26. The molecule has 0 aromatic heterocycles. The Bertz CT molecular complexity index is 1030. The molecule has 28 heavy (non-hydrogen) atoms. The third kappa shape index (κ3) is 2.98. The molecule has 2 aromatic rings. The van der Waals surface area contributed by atoms with E-state index in [4.69, 9.17) is 4.74 Å². The zero-order valence-electron chi connectivity index (χ0n) is 14.8. The van der Waals surface area contributed by atoms with Gasteiger partial charge >= 0.3 is 5.97 Å². The smallest absolute Gasteiger partial charge is 0.337 e. The number of carbonyl (C=O) groups excluding carboxylic acids is 2. The summed E-state index contributed by atoms with van der Waals surface area (Å²) in [6.07, 6.45) is 0. The number of halogens is 1. The van der Waals surface area contributed by atoms with Crippen LogP contribution in [0.25, 0.3) is 0 Å². The lowest BCUT2D eigenvalue weighted by atomic mass is 9.84. The number of dihydropyridines is 1. The highest BCUT2D eigenvalue weighted by atomic mass is 19.1. The zero-order valence-corrected chi connectivity index (χ0v) is 14.8. The Kier molecular flexibility index (Phi) is 4.52. The Labute approximate surface area is 159 Å². The SMILES string of the molecule is COC(=O)C1=C(C(=O)c2ccc(F)cc2)[C@@H](c2ccccc2)N=C2NN=N[C@@H]21. The molecule has 2 aliphatic heterocycles. The molecule has 0 amide bonds. The first-order valence-corrected chi connectivity index (χ1v) is 8.51. The molecule has 0 unspecified atom stereocenters. The van der Waals surface area contributed by atoms with Crippen LogP contribution in [0.5, 0.6) is 0 Å². The van der Waals surface area contributed by atoms with Crippen LogP contribution in [-0.4, -0.2) is 30.7 Å². The van der Waals surface area contributed by atoms with Gasteiger partial charge in [-0.15, -0.1) is 0 Å². The van der Waals surface area contributed by atoms with Gasteiger partial charge in [0, 0.05) is 11.1 Å². The molecule has 0 saturated carbocycles. The Morgan fingerprint density at radius 1 is 1.00 bits per heavy atom. The number of methoxy groups -OCH3 is 1. The maximum atomic E-state index is 13.4. The number of Topliss-reactive ketones (excluding diaryl/α,β-unsaturated/α-hetero) is 1. The maximum Gasteiger partial charge on any atom is 0.337 e. The lowest BCUT2D eigenvalue weighted by molar-refractivity contribution is -0.136. The van der Waals surface area contributed by atoms with E-state index in [1.807, 2.05) is 30.3 Å². The highest BCUT2D eigenvalue weighted by Gasteiger charge is 2.42. The molecule has 2 atom stereocenters. The molecule has 8 heteroatoms. The molecule has 0 aliphatic carbocycles. The van der Waals surface area contributed by atoms with E-state index in [-0.39, 0.29) is 16.7 Å². The molecule has 0 saturated heterocycles. The van der Waals surface area contributed by atoms with Crippen LogP contribution in [0.15, 0.2) is 81.1 Å². The van der Waals surface area contributed by atoms with Crippen LogP contribution in [-0.2, 0) is 9.53 Å². The van der Waals surface area contributed by atoms with E-state index in [0.717, 1.165) is 0 Å². The number of fused-ring (bicyclic) bond motifs is 1. The number of hydrogen-bond donors (Lipinski definition) is 1. The molecule has 0 radical (unpaired) electrons. The number of amidine groups is 1. The fraction of sp³-hybridized carbons (Fsp3) is 0.150. The molecule has 7 nitrogen and oxygen atoms in total. The minimum atomic E-state index is -0.841. The summed E-state index contributed by atoms with van der Waals surface area (Å²) < 4.78 is 18.2. The largest absolute Gasteiger partial charge is 0.466 e. The highest BCUT2D eigenvalue weighted by molar-refractivity contribution is 6.17. The van der Waals surface area contributed by atoms with Crippen molar-refractivity contribution in [2.75, 3.05) is 7.11 Å². The van der Waals surface area contributed by atoms with E-state index >= 15 is 0 Å². The molecule has 2 aliphatic rings. The number of hydrogen-bond acceptors (Lipinski definition) is 7. The molecule has 0 spiro atoms. The monoisotopic (exact) mass is 378 g/mol. The molecule has 1 N–H and O–H groups in total. The average molecular weight is 378 g/mol. The second-order valence-corrected chi connectivity index (χ2v) is 6.21. The number of aliphatic imine (C=N–C) groups is 1. The van der Waals surface area contributed by atoms with Crippen LogP contribution in [0.2, 0.25) is 0 Å². The van der Waals surface area contributed by atoms with Crippen LogP contribution in [0.1, 0.15) is 22.0 Å². The van der Waals surface area contributed by atoms with Crippen molar-refractivity contribution in [1.82, 2.24) is 5.43 Å². The third-order valence-electron chi connectivity index (χ3n) is 4.57. The normalized spacial score (nSPS) is 20.3. The average Bonchev–Trinajstić information content (AvgIpc) is 3.21. The summed E-state index contributed by atoms with van der Waals surface area (Å²) in [6, 6.07) is 12.6. The summed E-state index contributed by atoms with van der Waals surface area (Å²) in [6.45, 7) is 0. The van der Waals surface area contributed by atoms with Crippen molar-refractivity contribution >= 4 is 17.6 Å². The predicted octanol–water partition coefficient (Wildman–Crippen LogP) is 2.97. The second-order valence-electron chi connectivity index (χ2n) is 6.21. The molecule has 140 valence electrons. The standard InChI is InChI=1S/C20H15FN4O3/c1-28-20(27)15-14(18(26)12-7-9-13(21)10-8-12)16(11-5-3-2-4-6-11)22-19-17(15)23-25-24-19/h2-10,16-17H,1H3,(H,22,23,24)/t16-,17-/m1/s1. The molecule has 2 heterocycles. The number of carbonyl (C=O) groups is 2. The third-order valence-corrected chi connectivity index (χ3v) is 4.57. The molecular weight excluding hydrogens is 363 g/mol. The predicted molar refractivity (Wildman–Crippen MR) is 98.2 cm³/mol. The van der Waals surface area contributed by atoms with Gasteiger partial charge < -0.3 is 4.74 Å². The van der Waals surface area contributed by atoms with Crippen molar-refractivity contribution in [2.24, 2.45) is 15.3 Å². The number of nitrogens with one attached hydrogen (secondary N) is 1.